The van der Waals surface area contributed by atoms with E-state index in [1.165, 1.54) is 7.11 Å². The smallest absolute Gasteiger partial charge is 0.311 e. The molecule has 0 aliphatic rings. The molecule has 88 valence electrons. The Morgan fingerprint density at radius 2 is 2.25 bits per heavy atom. The number of aromatic amines is 1. The first kappa shape index (κ1) is 12.2. The number of ether oxygens (including phenoxy) is 1. The Kier molecular flexibility index (Phi) is 3.60. The SMILES string of the molecule is COC(=O)Cc1[nH]c(=O)c(C(F)F)cc1N. The lowest BCUT2D eigenvalue weighted by molar-refractivity contribution is -0.139. The second-order valence-electron chi connectivity index (χ2n) is 3.04. The molecular formula is C9H10F2N2O3. The van der Waals surface area contributed by atoms with Gasteiger partial charge in [-0.25, -0.2) is 8.78 Å². The number of carbonyl (C=O) groups excluding carboxylic acids is 1. The van der Waals surface area contributed by atoms with Gasteiger partial charge in [0, 0.05) is 0 Å². The highest BCUT2D eigenvalue weighted by Crippen LogP contribution is 2.18. The Morgan fingerprint density at radius 3 is 2.75 bits per heavy atom. The van der Waals surface area contributed by atoms with E-state index in [1.807, 2.05) is 0 Å². The molecule has 7 heteroatoms. The van der Waals surface area contributed by atoms with E-state index < -0.39 is 23.5 Å². The van der Waals surface area contributed by atoms with Crippen LogP contribution < -0.4 is 11.3 Å². The second kappa shape index (κ2) is 4.73. The van der Waals surface area contributed by atoms with E-state index in [4.69, 9.17) is 5.73 Å². The molecule has 0 aliphatic heterocycles. The molecule has 0 saturated carbocycles. The van der Waals surface area contributed by atoms with Crippen LogP contribution in [0.2, 0.25) is 0 Å². The minimum Gasteiger partial charge on any atom is -0.469 e. The summed E-state index contributed by atoms with van der Waals surface area (Å²) in [6.07, 6.45) is -3.17. The molecule has 0 amide bonds. The zero-order valence-electron chi connectivity index (χ0n) is 8.42. The fourth-order valence-electron chi connectivity index (χ4n) is 1.13. The number of hydrogen-bond donors (Lipinski definition) is 2. The predicted octanol–water partition coefficient (Wildman–Crippen LogP) is 0.610. The van der Waals surface area contributed by atoms with Gasteiger partial charge in [0.25, 0.3) is 12.0 Å². The van der Waals surface area contributed by atoms with Crippen LogP contribution in [0.15, 0.2) is 10.9 Å². The van der Waals surface area contributed by atoms with Gasteiger partial charge in [0.15, 0.2) is 0 Å². The number of nitrogens with two attached hydrogens (primary N) is 1. The molecule has 0 atom stereocenters. The molecule has 0 saturated heterocycles. The number of nitrogen functional groups attached to an aromatic ring is 1. The third-order valence-corrected chi connectivity index (χ3v) is 1.97. The van der Waals surface area contributed by atoms with Crippen LogP contribution in [-0.2, 0) is 16.0 Å². The summed E-state index contributed by atoms with van der Waals surface area (Å²) in [5, 5.41) is 0. The van der Waals surface area contributed by atoms with Gasteiger partial charge in [-0.3, -0.25) is 9.59 Å². The van der Waals surface area contributed by atoms with Gasteiger partial charge in [0.05, 0.1) is 30.5 Å². The van der Waals surface area contributed by atoms with E-state index in [1.54, 1.807) is 0 Å². The van der Waals surface area contributed by atoms with Crippen molar-refractivity contribution in [3.63, 3.8) is 0 Å². The van der Waals surface area contributed by atoms with Crippen molar-refractivity contribution >= 4 is 11.7 Å². The Hall–Kier alpha value is -1.92. The molecule has 1 aromatic heterocycles. The molecule has 0 aliphatic carbocycles. The largest absolute Gasteiger partial charge is 0.469 e. The number of hydrogen-bond acceptors (Lipinski definition) is 4. The van der Waals surface area contributed by atoms with Crippen molar-refractivity contribution in [2.24, 2.45) is 0 Å². The van der Waals surface area contributed by atoms with Gasteiger partial charge in [0.2, 0.25) is 0 Å². The molecule has 0 unspecified atom stereocenters. The summed E-state index contributed by atoms with van der Waals surface area (Å²) in [4.78, 5) is 24.2. The maximum Gasteiger partial charge on any atom is 0.311 e. The molecule has 3 N–H and O–H groups in total. The molecule has 0 aromatic carbocycles. The van der Waals surface area contributed by atoms with E-state index >= 15 is 0 Å². The first-order valence-electron chi connectivity index (χ1n) is 4.32. The highest BCUT2D eigenvalue weighted by atomic mass is 19.3. The third kappa shape index (κ3) is 2.56. The average molecular weight is 232 g/mol. The van der Waals surface area contributed by atoms with Gasteiger partial charge in [-0.05, 0) is 6.07 Å². The predicted molar refractivity (Wildman–Crippen MR) is 52.2 cm³/mol. The lowest BCUT2D eigenvalue weighted by Gasteiger charge is -2.06. The summed E-state index contributed by atoms with van der Waals surface area (Å²) in [5.41, 5.74) is 3.75. The minimum absolute atomic E-state index is 0.0692. The number of H-pyrrole nitrogens is 1. The van der Waals surface area contributed by atoms with Crippen LogP contribution >= 0.6 is 0 Å². The van der Waals surface area contributed by atoms with Gasteiger partial charge in [-0.1, -0.05) is 0 Å². The molecule has 0 fully saturated rings. The van der Waals surface area contributed by atoms with Gasteiger partial charge in [-0.15, -0.1) is 0 Å². The van der Waals surface area contributed by atoms with E-state index in [9.17, 15) is 18.4 Å². The van der Waals surface area contributed by atoms with Crippen molar-refractivity contribution in [1.82, 2.24) is 4.98 Å². The van der Waals surface area contributed by atoms with Crippen LogP contribution in [0.5, 0.6) is 0 Å². The Morgan fingerprint density at radius 1 is 1.62 bits per heavy atom. The molecule has 0 spiro atoms. The summed E-state index contributed by atoms with van der Waals surface area (Å²) >= 11 is 0. The number of halogens is 2. The van der Waals surface area contributed by atoms with E-state index in [0.717, 1.165) is 6.07 Å². The van der Waals surface area contributed by atoms with Gasteiger partial charge in [-0.2, -0.15) is 0 Å². The van der Waals surface area contributed by atoms with Gasteiger partial charge < -0.3 is 15.5 Å². The Labute approximate surface area is 89.2 Å². The number of nitrogens with one attached hydrogen (secondary N) is 1. The Bertz CT molecular complexity index is 457. The molecule has 1 rings (SSSR count). The number of carbonyl (C=O) groups is 1. The number of alkyl halides is 2. The second-order valence-corrected chi connectivity index (χ2v) is 3.04. The monoisotopic (exact) mass is 232 g/mol. The van der Waals surface area contributed by atoms with Crippen molar-refractivity contribution in [3.05, 3.63) is 27.7 Å². The van der Waals surface area contributed by atoms with Crippen LogP contribution in [0.3, 0.4) is 0 Å². The zero-order chi connectivity index (χ0) is 12.3. The fraction of sp³-hybridized carbons (Fsp3) is 0.333. The molecule has 16 heavy (non-hydrogen) atoms. The number of rotatable bonds is 3. The number of methoxy groups -OCH3 is 1. The number of pyridine rings is 1. The van der Waals surface area contributed by atoms with E-state index in [0.29, 0.717) is 0 Å². The zero-order valence-corrected chi connectivity index (χ0v) is 8.42. The summed E-state index contributed by atoms with van der Waals surface area (Å²) in [5.74, 6) is -0.618. The lowest BCUT2D eigenvalue weighted by atomic mass is 10.2. The van der Waals surface area contributed by atoms with E-state index in [2.05, 4.69) is 9.72 Å². The van der Waals surface area contributed by atoms with Crippen LogP contribution in [0, 0.1) is 0 Å². The van der Waals surface area contributed by atoms with Crippen molar-refractivity contribution in [2.45, 2.75) is 12.8 Å². The summed E-state index contributed by atoms with van der Waals surface area (Å²) in [7, 11) is 1.17. The minimum atomic E-state index is -2.90. The fourth-order valence-corrected chi connectivity index (χ4v) is 1.13. The quantitative estimate of drug-likeness (QED) is 0.747. The van der Waals surface area contributed by atoms with Crippen molar-refractivity contribution in [3.8, 4) is 0 Å². The van der Waals surface area contributed by atoms with Crippen LogP contribution in [-0.4, -0.2) is 18.1 Å². The molecule has 0 bridgehead atoms. The molecular weight excluding hydrogens is 222 g/mol. The lowest BCUT2D eigenvalue weighted by Crippen LogP contribution is -2.19. The normalized spacial score (nSPS) is 10.5. The maximum absolute atomic E-state index is 12.3. The summed E-state index contributed by atoms with van der Waals surface area (Å²) in [6, 6.07) is 0.863. The number of aromatic nitrogens is 1. The highest BCUT2D eigenvalue weighted by molar-refractivity contribution is 5.73. The van der Waals surface area contributed by atoms with E-state index in [-0.39, 0.29) is 17.8 Å². The molecule has 1 aromatic rings. The Balaban J connectivity index is 3.11. The standard InChI is InChI=1S/C9H10F2N2O3/c1-16-7(14)3-6-5(12)2-4(8(10)11)9(15)13-6/h2,8H,3,12H2,1H3,(H,13,15). The first-order chi connectivity index (χ1) is 7.45. The topological polar surface area (TPSA) is 85.2 Å². The first-order valence-corrected chi connectivity index (χ1v) is 4.32. The highest BCUT2D eigenvalue weighted by Gasteiger charge is 2.16. The average Bonchev–Trinajstić information content (AvgIpc) is 2.22. The summed E-state index contributed by atoms with van der Waals surface area (Å²) < 4.78 is 29.0. The third-order valence-electron chi connectivity index (χ3n) is 1.97. The van der Waals surface area contributed by atoms with Crippen LogP contribution in [0.25, 0.3) is 0 Å². The number of anilines is 1. The van der Waals surface area contributed by atoms with Crippen molar-refractivity contribution in [2.75, 3.05) is 12.8 Å². The van der Waals surface area contributed by atoms with Crippen molar-refractivity contribution < 1.29 is 18.3 Å². The summed E-state index contributed by atoms with van der Waals surface area (Å²) in [6.45, 7) is 0. The molecule has 0 radical (unpaired) electrons. The van der Waals surface area contributed by atoms with Gasteiger partial charge in [0.1, 0.15) is 0 Å². The van der Waals surface area contributed by atoms with Crippen LogP contribution in [0.1, 0.15) is 17.7 Å². The van der Waals surface area contributed by atoms with Gasteiger partial charge >= 0.3 is 5.97 Å². The molecule has 5 nitrogen and oxygen atoms in total. The number of esters is 1. The van der Waals surface area contributed by atoms with Crippen molar-refractivity contribution in [1.29, 1.82) is 0 Å². The van der Waals surface area contributed by atoms with Crippen LogP contribution in [0.4, 0.5) is 14.5 Å². The molecule has 1 heterocycles. The maximum atomic E-state index is 12.3.